The molecule has 0 spiro atoms. The number of hydrogen-bond donors (Lipinski definition) is 2. The van der Waals surface area contributed by atoms with Crippen LogP contribution in [0.15, 0.2) is 69.7 Å². The molecule has 0 amide bonds. The van der Waals surface area contributed by atoms with Crippen molar-refractivity contribution in [2.24, 2.45) is 10.2 Å². The molecule has 0 aliphatic rings. The molecule has 11 nitrogen and oxygen atoms in total. The molecule has 0 aromatic heterocycles. The first-order valence-corrected chi connectivity index (χ1v) is 11.8. The average Bonchev–Trinajstić information content (AvgIpc) is 2.71. The minimum absolute atomic E-state index is 0.0278. The highest BCUT2D eigenvalue weighted by molar-refractivity contribution is 7.93. The molecular weight excluding hydrogens is 450 g/mol. The Hall–Kier alpha value is -3.42. The third-order valence-corrected chi connectivity index (χ3v) is 6.95. The maximum absolute atomic E-state index is 12.2. The van der Waals surface area contributed by atoms with Crippen LogP contribution in [0.25, 0.3) is 10.8 Å². The summed E-state index contributed by atoms with van der Waals surface area (Å²) in [5.74, 6) is -1.96. The summed E-state index contributed by atoms with van der Waals surface area (Å²) in [6.45, 7) is 0. The number of phenolic OH excluding ortho intramolecular Hbond substituents is 1. The van der Waals surface area contributed by atoms with Crippen molar-refractivity contribution in [1.82, 2.24) is 0 Å². The van der Waals surface area contributed by atoms with Crippen LogP contribution < -0.4 is 0 Å². The third-order valence-electron chi connectivity index (χ3n) is 4.26. The number of rotatable bonds is 7. The Kier molecular flexibility index (Phi) is 6.01. The fraction of sp³-hybridized carbons (Fsp3) is 0.111. The van der Waals surface area contributed by atoms with Gasteiger partial charge in [0.15, 0.2) is 15.5 Å². The van der Waals surface area contributed by atoms with E-state index in [9.17, 15) is 32.1 Å². The topological polar surface area (TPSA) is 177 Å². The normalized spacial score (nSPS) is 12.4. The highest BCUT2D eigenvalue weighted by Crippen LogP contribution is 2.35. The van der Waals surface area contributed by atoms with Crippen molar-refractivity contribution in [3.63, 3.8) is 0 Å². The van der Waals surface area contributed by atoms with Gasteiger partial charge in [0.25, 0.3) is 15.8 Å². The Morgan fingerprint density at radius 1 is 0.871 bits per heavy atom. The minimum atomic E-state index is -4.52. The van der Waals surface area contributed by atoms with E-state index in [2.05, 4.69) is 10.2 Å². The summed E-state index contributed by atoms with van der Waals surface area (Å²) in [7, 11) is -8.74. The van der Waals surface area contributed by atoms with Crippen LogP contribution >= 0.6 is 0 Å². The van der Waals surface area contributed by atoms with E-state index < -0.39 is 47.0 Å². The zero-order valence-electron chi connectivity index (χ0n) is 15.6. The van der Waals surface area contributed by atoms with Crippen molar-refractivity contribution in [3.05, 3.63) is 64.7 Å². The summed E-state index contributed by atoms with van der Waals surface area (Å²) in [4.78, 5) is 10.1. The van der Waals surface area contributed by atoms with E-state index in [4.69, 9.17) is 4.55 Å². The van der Waals surface area contributed by atoms with E-state index in [1.165, 1.54) is 12.1 Å². The van der Waals surface area contributed by atoms with Gasteiger partial charge in [-0.1, -0.05) is 24.3 Å². The second-order valence-electron chi connectivity index (χ2n) is 6.36. The largest absolute Gasteiger partial charge is 0.507 e. The lowest BCUT2D eigenvalue weighted by molar-refractivity contribution is -0.384. The van der Waals surface area contributed by atoms with Crippen molar-refractivity contribution in [3.8, 4) is 5.75 Å². The molecule has 0 heterocycles. The van der Waals surface area contributed by atoms with Crippen LogP contribution in [0.3, 0.4) is 0 Å². The van der Waals surface area contributed by atoms with Crippen LogP contribution in [-0.2, 0) is 20.0 Å². The number of azo groups is 1. The van der Waals surface area contributed by atoms with E-state index in [1.807, 2.05) is 0 Å². The third kappa shape index (κ3) is 5.20. The molecule has 0 fully saturated rings. The van der Waals surface area contributed by atoms with Gasteiger partial charge in [0.05, 0.1) is 27.0 Å². The summed E-state index contributed by atoms with van der Waals surface area (Å²) in [5, 5.41) is 30.3. The SMILES string of the molecule is O=[N+]([O-])c1cc(S(=O)(=O)CCS(=O)(=O)O)ccc1N=Nc1ccc(O)c2ccccc12. The summed E-state index contributed by atoms with van der Waals surface area (Å²) in [5.41, 5.74) is -0.553. The quantitative estimate of drug-likeness (QED) is 0.230. The molecule has 0 bridgehead atoms. The van der Waals surface area contributed by atoms with Crippen LogP contribution in [0.1, 0.15) is 0 Å². The summed E-state index contributed by atoms with van der Waals surface area (Å²) in [6, 6.07) is 12.5. The van der Waals surface area contributed by atoms with E-state index >= 15 is 0 Å². The monoisotopic (exact) mass is 465 g/mol. The van der Waals surface area contributed by atoms with Crippen molar-refractivity contribution in [2.45, 2.75) is 4.90 Å². The van der Waals surface area contributed by atoms with Gasteiger partial charge in [0, 0.05) is 16.8 Å². The molecule has 0 saturated heterocycles. The number of nitro groups is 1. The van der Waals surface area contributed by atoms with Crippen molar-refractivity contribution in [1.29, 1.82) is 0 Å². The van der Waals surface area contributed by atoms with Crippen molar-refractivity contribution in [2.75, 3.05) is 11.5 Å². The van der Waals surface area contributed by atoms with E-state index in [-0.39, 0.29) is 11.4 Å². The molecule has 13 heteroatoms. The molecule has 0 atom stereocenters. The predicted octanol–water partition coefficient (Wildman–Crippen LogP) is 3.53. The Labute approximate surface area is 176 Å². The van der Waals surface area contributed by atoms with Crippen molar-refractivity contribution >= 4 is 47.8 Å². The Morgan fingerprint density at radius 2 is 1.48 bits per heavy atom. The van der Waals surface area contributed by atoms with Gasteiger partial charge < -0.3 is 5.11 Å². The second kappa shape index (κ2) is 8.37. The number of nitro benzene ring substituents is 1. The molecule has 0 radical (unpaired) electrons. The van der Waals surface area contributed by atoms with Gasteiger partial charge in [0.1, 0.15) is 5.75 Å². The maximum atomic E-state index is 12.2. The average molecular weight is 465 g/mol. The minimum Gasteiger partial charge on any atom is -0.507 e. The molecule has 2 N–H and O–H groups in total. The van der Waals surface area contributed by atoms with E-state index in [1.54, 1.807) is 24.3 Å². The van der Waals surface area contributed by atoms with Gasteiger partial charge in [-0.3, -0.25) is 14.7 Å². The molecule has 0 aliphatic heterocycles. The standard InChI is InChI=1S/C18H15N3O8S2/c22-18-8-7-15(13-3-1-2-4-14(13)18)19-20-16-6-5-12(11-17(16)21(23)24)30(25,26)9-10-31(27,28)29/h1-8,11,22H,9-10H2,(H,27,28,29). The first-order chi connectivity index (χ1) is 14.5. The van der Waals surface area contributed by atoms with Gasteiger partial charge >= 0.3 is 0 Å². The smallest absolute Gasteiger partial charge is 0.298 e. The zero-order chi connectivity index (χ0) is 22.8. The first kappa shape index (κ1) is 22.3. The number of nitrogens with zero attached hydrogens (tertiary/aromatic N) is 3. The molecule has 31 heavy (non-hydrogen) atoms. The van der Waals surface area contributed by atoms with Crippen LogP contribution in [0.5, 0.6) is 5.75 Å². The highest BCUT2D eigenvalue weighted by Gasteiger charge is 2.23. The van der Waals surface area contributed by atoms with Gasteiger partial charge in [-0.25, -0.2) is 8.42 Å². The van der Waals surface area contributed by atoms with Gasteiger partial charge in [-0.15, -0.1) is 10.2 Å². The lowest BCUT2D eigenvalue weighted by Gasteiger charge is -2.05. The van der Waals surface area contributed by atoms with Crippen molar-refractivity contribution < 1.29 is 31.4 Å². The maximum Gasteiger partial charge on any atom is 0.298 e. The Morgan fingerprint density at radius 3 is 2.13 bits per heavy atom. The fourth-order valence-corrected chi connectivity index (χ4v) is 5.24. The van der Waals surface area contributed by atoms with Crippen LogP contribution in [0.2, 0.25) is 0 Å². The molecule has 3 aromatic carbocycles. The van der Waals surface area contributed by atoms with Gasteiger partial charge in [-0.05, 0) is 24.3 Å². The number of aromatic hydroxyl groups is 1. The molecule has 0 unspecified atom stereocenters. The van der Waals surface area contributed by atoms with Crippen LogP contribution in [0, 0.1) is 10.1 Å². The Bertz CT molecular complexity index is 1420. The summed E-state index contributed by atoms with van der Waals surface area (Å²) >= 11 is 0. The highest BCUT2D eigenvalue weighted by atomic mass is 32.2. The van der Waals surface area contributed by atoms with Crippen LogP contribution in [-0.4, -0.2) is 42.9 Å². The summed E-state index contributed by atoms with van der Waals surface area (Å²) < 4.78 is 54.9. The lowest BCUT2D eigenvalue weighted by atomic mass is 10.1. The molecule has 162 valence electrons. The molecule has 0 saturated carbocycles. The first-order valence-electron chi connectivity index (χ1n) is 8.57. The number of benzene rings is 3. The predicted molar refractivity (Wildman–Crippen MR) is 111 cm³/mol. The number of fused-ring (bicyclic) bond motifs is 1. The second-order valence-corrected chi connectivity index (χ2v) is 10.0. The van der Waals surface area contributed by atoms with Gasteiger partial charge in [0.2, 0.25) is 0 Å². The fourth-order valence-electron chi connectivity index (χ4n) is 2.72. The number of sulfone groups is 1. The molecular formula is C18H15N3O8S2. The summed E-state index contributed by atoms with van der Waals surface area (Å²) in [6.07, 6.45) is 0. The van der Waals surface area contributed by atoms with E-state index in [0.717, 1.165) is 18.2 Å². The molecule has 3 aromatic rings. The van der Waals surface area contributed by atoms with E-state index in [0.29, 0.717) is 16.5 Å². The Balaban J connectivity index is 2.00. The lowest BCUT2D eigenvalue weighted by Crippen LogP contribution is -2.16. The molecule has 0 aliphatic carbocycles. The van der Waals surface area contributed by atoms with Crippen LogP contribution in [0.4, 0.5) is 17.1 Å². The zero-order valence-corrected chi connectivity index (χ0v) is 17.2. The number of phenols is 1. The van der Waals surface area contributed by atoms with Gasteiger partial charge in [-0.2, -0.15) is 8.42 Å². The number of hydrogen-bond acceptors (Lipinski definition) is 9. The molecule has 3 rings (SSSR count).